The Morgan fingerprint density at radius 3 is 2.36 bits per heavy atom. The molecule has 1 aliphatic carbocycles. The lowest BCUT2D eigenvalue weighted by Gasteiger charge is -2.22. The van der Waals surface area contributed by atoms with Crippen LogP contribution in [0.25, 0.3) is 0 Å². The van der Waals surface area contributed by atoms with E-state index >= 15 is 0 Å². The first kappa shape index (κ1) is 9.13. The Morgan fingerprint density at radius 1 is 1.00 bits per heavy atom. The Bertz CT molecular complexity index is 404. The molecule has 0 fully saturated rings. The summed E-state index contributed by atoms with van der Waals surface area (Å²) in [7, 11) is 0. The Hall–Kier alpha value is -1.44. The highest BCUT2D eigenvalue weighted by molar-refractivity contribution is 6.21. The first-order valence-electron chi connectivity index (χ1n) is 4.78. The van der Waals surface area contributed by atoms with E-state index in [2.05, 4.69) is 49.0 Å². The van der Waals surface area contributed by atoms with E-state index in [-0.39, 0.29) is 5.41 Å². The van der Waals surface area contributed by atoms with Crippen molar-refractivity contribution < 1.29 is 0 Å². The summed E-state index contributed by atoms with van der Waals surface area (Å²) >= 11 is 0. The summed E-state index contributed by atoms with van der Waals surface area (Å²) in [5.41, 5.74) is 3.28. The average Bonchev–Trinajstić information content (AvgIpc) is 2.32. The van der Waals surface area contributed by atoms with Gasteiger partial charge in [-0.3, -0.25) is 9.98 Å². The van der Waals surface area contributed by atoms with Crippen LogP contribution in [0.5, 0.6) is 0 Å². The van der Waals surface area contributed by atoms with Gasteiger partial charge in [0.05, 0.1) is 11.4 Å². The van der Waals surface area contributed by atoms with Gasteiger partial charge in [-0.1, -0.05) is 6.08 Å². The number of hydrogen-bond acceptors (Lipinski definition) is 2. The Balaban J connectivity index is 2.65. The van der Waals surface area contributed by atoms with Crippen LogP contribution in [0.3, 0.4) is 0 Å². The predicted octanol–water partition coefficient (Wildman–Crippen LogP) is 2.90. The molecule has 0 saturated carbocycles. The van der Waals surface area contributed by atoms with Gasteiger partial charge in [0.2, 0.25) is 0 Å². The van der Waals surface area contributed by atoms with Crippen molar-refractivity contribution in [3.63, 3.8) is 0 Å². The smallest absolute Gasteiger partial charge is 0.0522 e. The van der Waals surface area contributed by atoms with Crippen molar-refractivity contribution >= 4 is 11.4 Å². The summed E-state index contributed by atoms with van der Waals surface area (Å²) in [4.78, 5) is 8.80. The second-order valence-electron chi connectivity index (χ2n) is 4.17. The van der Waals surface area contributed by atoms with E-state index in [4.69, 9.17) is 0 Å². The number of fused-ring (bicyclic) bond motifs is 2. The molecule has 0 unspecified atom stereocenters. The third kappa shape index (κ3) is 1.37. The minimum Gasteiger partial charge on any atom is -0.259 e. The maximum absolute atomic E-state index is 4.41. The van der Waals surface area contributed by atoms with Gasteiger partial charge in [0.25, 0.3) is 0 Å². The van der Waals surface area contributed by atoms with Crippen molar-refractivity contribution in [3.05, 3.63) is 36.2 Å². The minimum absolute atomic E-state index is 0.0856. The molecule has 14 heavy (non-hydrogen) atoms. The Kier molecular flexibility index (Phi) is 1.99. The number of aliphatic imine (C=N–C) groups is 2. The monoisotopic (exact) mass is 186 g/mol. The van der Waals surface area contributed by atoms with Crippen LogP contribution in [0.4, 0.5) is 0 Å². The topological polar surface area (TPSA) is 24.7 Å². The lowest BCUT2D eigenvalue weighted by molar-refractivity contribution is 0.737. The fourth-order valence-corrected chi connectivity index (χ4v) is 1.62. The molecule has 1 aliphatic heterocycles. The quantitative estimate of drug-likeness (QED) is 0.555. The van der Waals surface area contributed by atoms with E-state index in [0.717, 1.165) is 11.4 Å². The summed E-state index contributed by atoms with van der Waals surface area (Å²) in [5.74, 6) is 0. The fraction of sp³-hybridized carbons (Fsp3) is 0.333. The largest absolute Gasteiger partial charge is 0.259 e. The predicted molar refractivity (Wildman–Crippen MR) is 60.7 cm³/mol. The molecule has 2 nitrogen and oxygen atoms in total. The van der Waals surface area contributed by atoms with E-state index in [1.807, 2.05) is 0 Å². The summed E-state index contributed by atoms with van der Waals surface area (Å²) < 4.78 is 0. The summed E-state index contributed by atoms with van der Waals surface area (Å²) in [5, 5.41) is 0. The van der Waals surface area contributed by atoms with Crippen LogP contribution in [-0.4, -0.2) is 11.4 Å². The Morgan fingerprint density at radius 2 is 1.64 bits per heavy atom. The molecule has 1 heterocycles. The zero-order valence-electron chi connectivity index (χ0n) is 8.78. The Labute approximate surface area is 84.5 Å². The minimum atomic E-state index is -0.0856. The highest BCUT2D eigenvalue weighted by Crippen LogP contribution is 2.27. The summed E-state index contributed by atoms with van der Waals surface area (Å²) in [6.45, 7) is 6.38. The second kappa shape index (κ2) is 3.05. The SMILES string of the molecule is CC1=CC2=NC=CN=C(C=C1)C2(C)C. The normalized spacial score (nSPS) is 23.2. The number of hydrogen-bond donors (Lipinski definition) is 0. The van der Waals surface area contributed by atoms with Crippen LogP contribution in [0.1, 0.15) is 20.8 Å². The number of allylic oxidation sites excluding steroid dienone is 4. The van der Waals surface area contributed by atoms with Gasteiger partial charge < -0.3 is 0 Å². The van der Waals surface area contributed by atoms with Crippen LogP contribution in [-0.2, 0) is 0 Å². The highest BCUT2D eigenvalue weighted by Gasteiger charge is 2.30. The second-order valence-corrected chi connectivity index (χ2v) is 4.17. The lowest BCUT2D eigenvalue weighted by atomic mass is 9.82. The molecule has 2 rings (SSSR count). The molecule has 2 aliphatic rings. The standard InChI is InChI=1S/C12H14N2/c1-9-4-5-10-12(2,3)11(8-9)14-7-6-13-10/h4-8H,1-3H3. The van der Waals surface area contributed by atoms with Gasteiger partial charge in [-0.2, -0.15) is 0 Å². The first-order chi connectivity index (χ1) is 6.60. The van der Waals surface area contributed by atoms with Crippen molar-refractivity contribution in [1.82, 2.24) is 0 Å². The van der Waals surface area contributed by atoms with E-state index in [1.165, 1.54) is 5.57 Å². The fourth-order valence-electron chi connectivity index (χ4n) is 1.62. The van der Waals surface area contributed by atoms with Crippen molar-refractivity contribution in [1.29, 1.82) is 0 Å². The van der Waals surface area contributed by atoms with Crippen molar-refractivity contribution in [3.8, 4) is 0 Å². The number of nitrogens with zero attached hydrogens (tertiary/aromatic N) is 2. The zero-order valence-corrected chi connectivity index (χ0v) is 8.78. The van der Waals surface area contributed by atoms with E-state index in [1.54, 1.807) is 12.4 Å². The third-order valence-electron chi connectivity index (χ3n) is 2.64. The highest BCUT2D eigenvalue weighted by atomic mass is 14.8. The molecule has 72 valence electrons. The van der Waals surface area contributed by atoms with Gasteiger partial charge in [0.1, 0.15) is 0 Å². The van der Waals surface area contributed by atoms with E-state index < -0.39 is 0 Å². The van der Waals surface area contributed by atoms with E-state index in [9.17, 15) is 0 Å². The molecule has 0 spiro atoms. The lowest BCUT2D eigenvalue weighted by Crippen LogP contribution is -2.30. The molecule has 0 N–H and O–H groups in total. The van der Waals surface area contributed by atoms with Crippen LogP contribution < -0.4 is 0 Å². The zero-order chi connectivity index (χ0) is 10.2. The van der Waals surface area contributed by atoms with Gasteiger partial charge >= 0.3 is 0 Å². The van der Waals surface area contributed by atoms with Crippen LogP contribution >= 0.6 is 0 Å². The molecule has 0 aromatic rings. The third-order valence-corrected chi connectivity index (χ3v) is 2.64. The molecule has 2 bridgehead atoms. The maximum Gasteiger partial charge on any atom is 0.0522 e. The maximum atomic E-state index is 4.41. The first-order valence-corrected chi connectivity index (χ1v) is 4.78. The van der Waals surface area contributed by atoms with Gasteiger partial charge in [-0.05, 0) is 38.5 Å². The van der Waals surface area contributed by atoms with E-state index in [0.29, 0.717) is 0 Å². The molecule has 0 aromatic carbocycles. The van der Waals surface area contributed by atoms with Crippen LogP contribution in [0, 0.1) is 5.41 Å². The molecule has 0 radical (unpaired) electrons. The number of rotatable bonds is 0. The van der Waals surface area contributed by atoms with Gasteiger partial charge in [0.15, 0.2) is 0 Å². The molecule has 0 aromatic heterocycles. The van der Waals surface area contributed by atoms with Crippen LogP contribution in [0.2, 0.25) is 0 Å². The molecule has 2 heteroatoms. The molecular formula is C12H14N2. The van der Waals surface area contributed by atoms with Crippen molar-refractivity contribution in [2.24, 2.45) is 15.4 Å². The van der Waals surface area contributed by atoms with Gasteiger partial charge in [-0.25, -0.2) is 0 Å². The van der Waals surface area contributed by atoms with Crippen molar-refractivity contribution in [2.75, 3.05) is 0 Å². The van der Waals surface area contributed by atoms with Gasteiger partial charge in [0, 0.05) is 17.8 Å². The molecule has 0 atom stereocenters. The molecular weight excluding hydrogens is 172 g/mol. The molecule has 0 saturated heterocycles. The van der Waals surface area contributed by atoms with Crippen molar-refractivity contribution in [2.45, 2.75) is 20.8 Å². The van der Waals surface area contributed by atoms with Crippen LogP contribution in [0.15, 0.2) is 46.2 Å². The summed E-state index contributed by atoms with van der Waals surface area (Å²) in [6.07, 6.45) is 9.79. The van der Waals surface area contributed by atoms with Gasteiger partial charge in [-0.15, -0.1) is 0 Å². The summed E-state index contributed by atoms with van der Waals surface area (Å²) in [6, 6.07) is 0. The molecule has 0 amide bonds. The average molecular weight is 186 g/mol.